The van der Waals surface area contributed by atoms with Gasteiger partial charge < -0.3 is 0 Å². The number of unbranched alkanes of at least 4 members (excludes halogenated alkanes) is 15. The van der Waals surface area contributed by atoms with Crippen LogP contribution in [0.3, 0.4) is 0 Å². The summed E-state index contributed by atoms with van der Waals surface area (Å²) in [6.45, 7) is 9.31. The number of hydrogen-bond acceptors (Lipinski definition) is 3. The summed E-state index contributed by atoms with van der Waals surface area (Å²) < 4.78 is 18.2. The Balaban J connectivity index is 3.80. The molecule has 0 aliphatic carbocycles. The van der Waals surface area contributed by atoms with Gasteiger partial charge in [0.25, 0.3) is 0 Å². The summed E-state index contributed by atoms with van der Waals surface area (Å²) in [6, 6.07) is 0. The van der Waals surface area contributed by atoms with E-state index in [1.54, 1.807) is 0 Å². The van der Waals surface area contributed by atoms with Crippen LogP contribution in [0.15, 0.2) is 0 Å². The van der Waals surface area contributed by atoms with Crippen LogP contribution in [0.1, 0.15) is 136 Å². The summed E-state index contributed by atoms with van der Waals surface area (Å²) in [4.78, 5) is 0. The predicted octanol–water partition coefficient (Wildman–Crippen LogP) is 8.10. The Bertz CT molecular complexity index is 234. The maximum atomic E-state index is 6.08. The molecular weight excluding hydrogens is 458 g/mol. The second-order valence-electron chi connectivity index (χ2n) is 8.03. The molecule has 0 aromatic rings. The molecule has 0 atom stereocenters. The van der Waals surface area contributed by atoms with Gasteiger partial charge in [0.2, 0.25) is 0 Å². The molecule has 4 heteroatoms. The van der Waals surface area contributed by atoms with E-state index in [4.69, 9.17) is 9.05 Å². The zero-order valence-corrected chi connectivity index (χ0v) is 22.1. The minimum atomic E-state index is -2.40. The van der Waals surface area contributed by atoms with Crippen molar-refractivity contribution in [2.75, 3.05) is 19.8 Å². The number of hydrogen-bond donors (Lipinski definition) is 0. The van der Waals surface area contributed by atoms with E-state index in [1.807, 2.05) is 0 Å². The van der Waals surface area contributed by atoms with Crippen LogP contribution in [0.4, 0.5) is 0 Å². The Morgan fingerprint density at radius 2 is 0.607 bits per heavy atom. The first kappa shape index (κ1) is 28.7. The monoisotopic (exact) mass is 508 g/mol. The third kappa shape index (κ3) is 23.0. The van der Waals surface area contributed by atoms with Crippen molar-refractivity contribution in [3.63, 3.8) is 0 Å². The first-order valence-corrected chi connectivity index (χ1v) is 15.7. The zero-order valence-electron chi connectivity index (χ0n) is 19.5. The van der Waals surface area contributed by atoms with Crippen LogP contribution in [0, 0.1) is 0 Å². The van der Waals surface area contributed by atoms with Gasteiger partial charge in [-0.1, -0.05) is 0 Å². The predicted molar refractivity (Wildman–Crippen MR) is 124 cm³/mol. The van der Waals surface area contributed by atoms with E-state index in [2.05, 4.69) is 20.8 Å². The second-order valence-corrected chi connectivity index (χ2v) is 11.5. The van der Waals surface area contributed by atoms with Gasteiger partial charge >= 0.3 is 187 Å². The molecule has 170 valence electrons. The first-order valence-electron chi connectivity index (χ1n) is 12.5. The fraction of sp³-hybridized carbons (Fsp3) is 1.00. The molecule has 0 aliphatic heterocycles. The molecule has 0 saturated carbocycles. The van der Waals surface area contributed by atoms with E-state index in [0.717, 1.165) is 39.1 Å². The molecule has 0 heterocycles. The second kappa shape index (κ2) is 25.7. The Morgan fingerprint density at radius 1 is 0.357 bits per heavy atom. The molecule has 0 spiro atoms. The van der Waals surface area contributed by atoms with Gasteiger partial charge in [-0.2, -0.15) is 0 Å². The molecule has 0 rings (SSSR count). The van der Waals surface area contributed by atoms with Gasteiger partial charge in [0.15, 0.2) is 0 Å². The van der Waals surface area contributed by atoms with Crippen LogP contribution in [0.25, 0.3) is 0 Å². The van der Waals surface area contributed by atoms with Crippen molar-refractivity contribution >= 4 is 21.5 Å². The molecule has 0 aromatic carbocycles. The molecule has 28 heavy (non-hydrogen) atoms. The third-order valence-corrected chi connectivity index (χ3v) is 8.45. The number of rotatable bonds is 24. The van der Waals surface area contributed by atoms with Crippen molar-refractivity contribution in [1.29, 1.82) is 0 Å². The van der Waals surface area contributed by atoms with Crippen LogP contribution in [-0.2, 0) is 9.05 Å². The average molecular weight is 509 g/mol. The average Bonchev–Trinajstić information content (AvgIpc) is 2.71. The van der Waals surface area contributed by atoms with E-state index < -0.39 is 21.5 Å². The molecule has 0 radical (unpaired) electrons. The van der Waals surface area contributed by atoms with Gasteiger partial charge in [-0.15, -0.1) is 0 Å². The standard InChI is InChI=1S/3C8H17O.Sb/c3*1-2-3-4-5-6-7-8-9;/h3*2-8H2,1H3;/q3*-1;+3. The summed E-state index contributed by atoms with van der Waals surface area (Å²) in [5, 5.41) is 0. The summed E-state index contributed by atoms with van der Waals surface area (Å²) in [7, 11) is 0. The summed E-state index contributed by atoms with van der Waals surface area (Å²) in [6.07, 6.45) is 23.5. The van der Waals surface area contributed by atoms with Crippen LogP contribution in [0.2, 0.25) is 0 Å². The van der Waals surface area contributed by atoms with Crippen LogP contribution < -0.4 is 0 Å². The third-order valence-electron chi connectivity index (χ3n) is 5.08. The van der Waals surface area contributed by atoms with Crippen molar-refractivity contribution in [2.24, 2.45) is 0 Å². The zero-order chi connectivity index (χ0) is 20.5. The summed E-state index contributed by atoms with van der Waals surface area (Å²) >= 11 is -2.40. The Kier molecular flexibility index (Phi) is 26.4. The molecule has 0 saturated heterocycles. The van der Waals surface area contributed by atoms with Gasteiger partial charge in [-0.05, 0) is 0 Å². The molecular formula is C24H51O3Sb. The molecule has 0 unspecified atom stereocenters. The van der Waals surface area contributed by atoms with Gasteiger partial charge in [0.05, 0.1) is 0 Å². The van der Waals surface area contributed by atoms with Crippen molar-refractivity contribution in [3.05, 3.63) is 0 Å². The van der Waals surface area contributed by atoms with Gasteiger partial charge in [-0.3, -0.25) is 0 Å². The Morgan fingerprint density at radius 3 is 0.893 bits per heavy atom. The fourth-order valence-electron chi connectivity index (χ4n) is 3.18. The normalized spacial score (nSPS) is 11.6. The van der Waals surface area contributed by atoms with Crippen LogP contribution in [0.5, 0.6) is 0 Å². The maximum absolute atomic E-state index is 6.08. The van der Waals surface area contributed by atoms with Crippen molar-refractivity contribution in [2.45, 2.75) is 136 Å². The summed E-state index contributed by atoms with van der Waals surface area (Å²) in [5.74, 6) is 0. The van der Waals surface area contributed by atoms with E-state index in [9.17, 15) is 0 Å². The molecule has 0 fully saturated rings. The van der Waals surface area contributed by atoms with Gasteiger partial charge in [-0.25, -0.2) is 0 Å². The quantitative estimate of drug-likeness (QED) is 0.0972. The van der Waals surface area contributed by atoms with E-state index in [-0.39, 0.29) is 0 Å². The molecule has 0 amide bonds. The van der Waals surface area contributed by atoms with Gasteiger partial charge in [0, 0.05) is 0 Å². The van der Waals surface area contributed by atoms with Gasteiger partial charge in [0.1, 0.15) is 0 Å². The molecule has 0 aliphatic rings. The molecule has 0 aromatic heterocycles. The van der Waals surface area contributed by atoms with Crippen molar-refractivity contribution in [1.82, 2.24) is 0 Å². The van der Waals surface area contributed by atoms with E-state index in [1.165, 1.54) is 96.3 Å². The van der Waals surface area contributed by atoms with Crippen molar-refractivity contribution < 1.29 is 9.05 Å². The Labute approximate surface area is 186 Å². The van der Waals surface area contributed by atoms with E-state index >= 15 is 0 Å². The SMILES string of the molecule is CCCCCCCC[O][Sb]([O]CCCCCCCC)[O]CCCCCCCC. The molecule has 3 nitrogen and oxygen atoms in total. The van der Waals surface area contributed by atoms with Crippen molar-refractivity contribution in [3.8, 4) is 0 Å². The minimum absolute atomic E-state index is 0.835. The first-order chi connectivity index (χ1) is 13.8. The molecule has 0 N–H and O–H groups in total. The summed E-state index contributed by atoms with van der Waals surface area (Å²) in [5.41, 5.74) is 0. The fourth-order valence-corrected chi connectivity index (χ4v) is 6.20. The van der Waals surface area contributed by atoms with Crippen LogP contribution >= 0.6 is 0 Å². The molecule has 0 bridgehead atoms. The van der Waals surface area contributed by atoms with E-state index in [0.29, 0.717) is 0 Å². The Hall–Kier alpha value is 0.698. The topological polar surface area (TPSA) is 27.7 Å². The van der Waals surface area contributed by atoms with Crippen LogP contribution in [-0.4, -0.2) is 41.3 Å².